The monoisotopic (exact) mass is 678 g/mol. The van der Waals surface area contributed by atoms with Crippen molar-refractivity contribution in [3.8, 4) is 0 Å². The summed E-state index contributed by atoms with van der Waals surface area (Å²) in [7, 11) is 3.15. The van der Waals surface area contributed by atoms with Gasteiger partial charge < -0.3 is 11.1 Å². The van der Waals surface area contributed by atoms with Gasteiger partial charge in [0.15, 0.2) is 0 Å². The standard InChI is InChI=1S/C40H58N2O3S2/c1-4-5-6-7-8-9-10-11-12-13-14-15-16-17-18-19-20-21-25-31-38(44)42-37(39(41)45)34-46-47-40(2,3)33-32-36(43)30-26-29-35-27-23-22-24-28-35/h5-6,8-9,11-12,14-15,17-18,20-24,27-28,37H,4,7,10,13,16,19,25-26,29-34H2,1-3H3,(H2,41,45)(H,42,44)/b6-5-,9-8-,12-11-,15-14-,18-17-,21-20-/t37-/m0/s1. The van der Waals surface area contributed by atoms with Gasteiger partial charge in [-0.15, -0.1) is 0 Å². The van der Waals surface area contributed by atoms with Crippen molar-refractivity contribution >= 4 is 39.2 Å². The lowest BCUT2D eigenvalue weighted by molar-refractivity contribution is -0.126. The average molecular weight is 679 g/mol. The Kier molecular flexibility index (Phi) is 25.0. The van der Waals surface area contributed by atoms with Crippen molar-refractivity contribution < 1.29 is 14.4 Å². The minimum atomic E-state index is -0.722. The quantitative estimate of drug-likeness (QED) is 0.0714. The van der Waals surface area contributed by atoms with Gasteiger partial charge in [-0.2, -0.15) is 0 Å². The molecule has 0 saturated heterocycles. The summed E-state index contributed by atoms with van der Waals surface area (Å²) in [6.07, 6.45) is 36.2. The Morgan fingerprint density at radius 3 is 1.83 bits per heavy atom. The van der Waals surface area contributed by atoms with Crippen molar-refractivity contribution in [1.29, 1.82) is 0 Å². The molecule has 47 heavy (non-hydrogen) atoms. The number of nitrogens with two attached hydrogens (primary N) is 1. The van der Waals surface area contributed by atoms with Crippen LogP contribution in [0.2, 0.25) is 0 Å². The summed E-state index contributed by atoms with van der Waals surface area (Å²) in [6, 6.07) is 9.51. The molecule has 0 unspecified atom stereocenters. The van der Waals surface area contributed by atoms with E-state index in [0.29, 0.717) is 31.4 Å². The number of primary amides is 1. The van der Waals surface area contributed by atoms with Gasteiger partial charge in [-0.3, -0.25) is 14.4 Å². The molecule has 258 valence electrons. The van der Waals surface area contributed by atoms with Gasteiger partial charge >= 0.3 is 0 Å². The van der Waals surface area contributed by atoms with Crippen LogP contribution < -0.4 is 11.1 Å². The van der Waals surface area contributed by atoms with E-state index in [1.54, 1.807) is 10.8 Å². The lowest BCUT2D eigenvalue weighted by Gasteiger charge is -2.24. The minimum Gasteiger partial charge on any atom is -0.368 e. The third-order valence-corrected chi connectivity index (χ3v) is 10.5. The summed E-state index contributed by atoms with van der Waals surface area (Å²) in [4.78, 5) is 36.8. The van der Waals surface area contributed by atoms with Crippen molar-refractivity contribution in [2.24, 2.45) is 5.73 Å². The average Bonchev–Trinajstić information content (AvgIpc) is 3.05. The summed E-state index contributed by atoms with van der Waals surface area (Å²) in [6.45, 7) is 6.35. The summed E-state index contributed by atoms with van der Waals surface area (Å²) < 4.78 is -0.137. The Bertz CT molecular complexity index is 1180. The van der Waals surface area contributed by atoms with Crippen molar-refractivity contribution in [3.63, 3.8) is 0 Å². The number of hydrogen-bond acceptors (Lipinski definition) is 5. The summed E-state index contributed by atoms with van der Waals surface area (Å²) >= 11 is 0. The van der Waals surface area contributed by atoms with Crippen LogP contribution in [0.1, 0.15) is 103 Å². The lowest BCUT2D eigenvalue weighted by Crippen LogP contribution is -2.46. The van der Waals surface area contributed by atoms with Crippen LogP contribution in [0.4, 0.5) is 0 Å². The van der Waals surface area contributed by atoms with Gasteiger partial charge in [0, 0.05) is 29.8 Å². The molecule has 0 saturated carbocycles. The molecule has 7 heteroatoms. The second-order valence-electron chi connectivity index (χ2n) is 12.0. The fourth-order valence-electron chi connectivity index (χ4n) is 4.32. The first-order valence-corrected chi connectivity index (χ1v) is 19.4. The number of ketones is 1. The molecule has 1 atom stereocenters. The van der Waals surface area contributed by atoms with Crippen molar-refractivity contribution in [1.82, 2.24) is 5.32 Å². The number of carbonyl (C=O) groups is 3. The van der Waals surface area contributed by atoms with Crippen LogP contribution in [-0.2, 0) is 20.8 Å². The maximum atomic E-state index is 12.4. The number of allylic oxidation sites excluding steroid dienone is 12. The topological polar surface area (TPSA) is 89.3 Å². The third kappa shape index (κ3) is 25.7. The highest BCUT2D eigenvalue weighted by Gasteiger charge is 2.23. The summed E-state index contributed by atoms with van der Waals surface area (Å²) in [5.74, 6) is -0.0417. The van der Waals surface area contributed by atoms with Crippen LogP contribution in [0.25, 0.3) is 0 Å². The van der Waals surface area contributed by atoms with Gasteiger partial charge in [-0.05, 0) is 83.6 Å². The fraction of sp³-hybridized carbons (Fsp3) is 0.475. The second kappa shape index (κ2) is 28.0. The Morgan fingerprint density at radius 2 is 1.30 bits per heavy atom. The van der Waals surface area contributed by atoms with Crippen molar-refractivity contribution in [2.45, 2.75) is 115 Å². The first-order chi connectivity index (χ1) is 22.7. The maximum Gasteiger partial charge on any atom is 0.240 e. The predicted molar refractivity (Wildman–Crippen MR) is 206 cm³/mol. The van der Waals surface area contributed by atoms with Gasteiger partial charge in [-0.1, -0.05) is 132 Å². The molecule has 1 rings (SSSR count). The lowest BCUT2D eigenvalue weighted by atomic mass is 10.0. The molecule has 1 aromatic carbocycles. The number of benzene rings is 1. The van der Waals surface area contributed by atoms with E-state index < -0.39 is 11.9 Å². The molecular weight excluding hydrogens is 621 g/mol. The second-order valence-corrected chi connectivity index (χ2v) is 15.0. The molecule has 0 aliphatic heterocycles. The van der Waals surface area contributed by atoms with E-state index in [2.05, 4.69) is 105 Å². The number of rotatable bonds is 27. The molecule has 0 radical (unpaired) electrons. The van der Waals surface area contributed by atoms with Crippen LogP contribution in [0.15, 0.2) is 103 Å². The molecule has 0 heterocycles. The first-order valence-electron chi connectivity index (χ1n) is 17.1. The Hall–Kier alpha value is -3.03. The van der Waals surface area contributed by atoms with E-state index in [0.717, 1.165) is 57.8 Å². The molecule has 1 aromatic rings. The molecule has 2 amide bonds. The molecule has 0 aliphatic carbocycles. The van der Waals surface area contributed by atoms with Crippen LogP contribution in [-0.4, -0.2) is 34.1 Å². The number of Topliss-reactive ketones (excluding diaryl/α,β-unsaturated/α-hetero) is 1. The van der Waals surface area contributed by atoms with Gasteiger partial charge in [-0.25, -0.2) is 0 Å². The number of carbonyl (C=O) groups excluding carboxylic acids is 3. The van der Waals surface area contributed by atoms with Gasteiger partial charge in [0.2, 0.25) is 11.8 Å². The smallest absolute Gasteiger partial charge is 0.240 e. The van der Waals surface area contributed by atoms with E-state index in [4.69, 9.17) is 5.73 Å². The molecule has 5 nitrogen and oxygen atoms in total. The summed E-state index contributed by atoms with van der Waals surface area (Å²) in [5.41, 5.74) is 6.83. The molecule has 0 bridgehead atoms. The largest absolute Gasteiger partial charge is 0.368 e. The Morgan fingerprint density at radius 1 is 0.766 bits per heavy atom. The zero-order valence-corrected chi connectivity index (χ0v) is 30.5. The van der Waals surface area contributed by atoms with Crippen LogP contribution in [0.5, 0.6) is 0 Å². The number of aryl methyl sites for hydroxylation is 1. The van der Waals surface area contributed by atoms with E-state index in [9.17, 15) is 14.4 Å². The van der Waals surface area contributed by atoms with Gasteiger partial charge in [0.1, 0.15) is 11.8 Å². The van der Waals surface area contributed by atoms with Gasteiger partial charge in [0.25, 0.3) is 0 Å². The van der Waals surface area contributed by atoms with Gasteiger partial charge in [0.05, 0.1) is 0 Å². The molecule has 0 spiro atoms. The minimum absolute atomic E-state index is 0.137. The number of nitrogens with one attached hydrogen (secondary N) is 1. The highest BCUT2D eigenvalue weighted by Crippen LogP contribution is 2.39. The SMILES string of the molecule is CC/C=C\C/C=C\C/C=C\C/C=C\C/C=C\C/C=C\CCC(=O)N[C@@H](CSSC(C)(C)CCC(=O)CCCc1ccccc1)C(N)=O. The van der Waals surface area contributed by atoms with E-state index >= 15 is 0 Å². The van der Waals surface area contributed by atoms with Crippen LogP contribution >= 0.6 is 21.6 Å². The normalized spacial score (nSPS) is 13.3. The highest BCUT2D eigenvalue weighted by molar-refractivity contribution is 8.77. The number of hydrogen-bond donors (Lipinski definition) is 2. The highest BCUT2D eigenvalue weighted by atomic mass is 33.1. The fourth-order valence-corrected chi connectivity index (χ4v) is 7.09. The third-order valence-electron chi connectivity index (χ3n) is 7.10. The maximum absolute atomic E-state index is 12.4. The van der Waals surface area contributed by atoms with E-state index in [-0.39, 0.29) is 16.4 Å². The van der Waals surface area contributed by atoms with Crippen molar-refractivity contribution in [3.05, 3.63) is 109 Å². The van der Waals surface area contributed by atoms with Crippen LogP contribution in [0.3, 0.4) is 0 Å². The molecule has 0 fully saturated rings. The van der Waals surface area contributed by atoms with E-state index in [1.807, 2.05) is 24.3 Å². The molecule has 0 aliphatic rings. The molecule has 0 aromatic heterocycles. The van der Waals surface area contributed by atoms with E-state index in [1.165, 1.54) is 16.4 Å². The van der Waals surface area contributed by atoms with Crippen molar-refractivity contribution in [2.75, 3.05) is 5.75 Å². The zero-order valence-electron chi connectivity index (χ0n) is 28.9. The Labute approximate surface area is 293 Å². The Balaban J connectivity index is 2.16. The molecular formula is C40H58N2O3S2. The molecule has 3 N–H and O–H groups in total. The number of amides is 2. The zero-order chi connectivity index (χ0) is 34.4. The first kappa shape index (κ1) is 42.0. The predicted octanol–water partition coefficient (Wildman–Crippen LogP) is 9.97. The van der Waals surface area contributed by atoms with Crippen LogP contribution in [0, 0.1) is 0 Å². The summed E-state index contributed by atoms with van der Waals surface area (Å²) in [5, 5.41) is 2.78.